The lowest BCUT2D eigenvalue weighted by Crippen LogP contribution is -2.27. The number of anilines is 1. The number of hydrogen-bond donors (Lipinski definition) is 2. The predicted molar refractivity (Wildman–Crippen MR) is 74.8 cm³/mol. The third-order valence-electron chi connectivity index (χ3n) is 3.07. The quantitative estimate of drug-likeness (QED) is 0.828. The monoisotopic (exact) mass is 258 g/mol. The zero-order valence-electron chi connectivity index (χ0n) is 11.1. The highest BCUT2D eigenvalue weighted by Gasteiger charge is 2.16. The predicted octanol–water partition coefficient (Wildman–Crippen LogP) is 2.92. The molecule has 4 nitrogen and oxygen atoms in total. The minimum atomic E-state index is -0.125. The van der Waals surface area contributed by atoms with Crippen LogP contribution in [-0.2, 0) is 6.42 Å². The Balaban J connectivity index is 2.11. The van der Waals surface area contributed by atoms with Crippen molar-refractivity contribution in [3.8, 4) is 0 Å². The second kappa shape index (κ2) is 5.61. The van der Waals surface area contributed by atoms with Crippen molar-refractivity contribution in [1.82, 2.24) is 5.32 Å². The lowest BCUT2D eigenvalue weighted by Gasteiger charge is -2.14. The Kier molecular flexibility index (Phi) is 3.90. The van der Waals surface area contributed by atoms with Crippen LogP contribution in [0.25, 0.3) is 0 Å². The number of carbonyl (C=O) groups excluding carboxylic acids is 1. The number of amides is 1. The van der Waals surface area contributed by atoms with E-state index in [1.807, 2.05) is 38.1 Å². The van der Waals surface area contributed by atoms with Crippen molar-refractivity contribution in [2.24, 2.45) is 0 Å². The zero-order valence-corrected chi connectivity index (χ0v) is 11.1. The molecule has 19 heavy (non-hydrogen) atoms. The summed E-state index contributed by atoms with van der Waals surface area (Å²) in [4.78, 5) is 12.2. The van der Waals surface area contributed by atoms with E-state index >= 15 is 0 Å². The molecule has 0 spiro atoms. The van der Waals surface area contributed by atoms with Crippen LogP contribution in [0.3, 0.4) is 0 Å². The lowest BCUT2D eigenvalue weighted by molar-refractivity contribution is 0.0938. The molecule has 0 bridgehead atoms. The summed E-state index contributed by atoms with van der Waals surface area (Å²) in [5.74, 6) is 0.581. The normalized spacial score (nSPS) is 12.1. The molecule has 0 aliphatic carbocycles. The van der Waals surface area contributed by atoms with Gasteiger partial charge in [-0.25, -0.2) is 0 Å². The Labute approximate surface area is 112 Å². The van der Waals surface area contributed by atoms with E-state index in [2.05, 4.69) is 5.32 Å². The number of furan rings is 1. The molecule has 2 rings (SSSR count). The van der Waals surface area contributed by atoms with E-state index in [4.69, 9.17) is 10.2 Å². The third kappa shape index (κ3) is 2.96. The van der Waals surface area contributed by atoms with Crippen LogP contribution in [0.1, 0.15) is 41.6 Å². The fraction of sp³-hybridized carbons (Fsp3) is 0.267. The first-order valence-corrected chi connectivity index (χ1v) is 6.34. The van der Waals surface area contributed by atoms with Crippen LogP contribution in [-0.4, -0.2) is 5.91 Å². The smallest absolute Gasteiger partial charge is 0.255 e. The Morgan fingerprint density at radius 1 is 1.42 bits per heavy atom. The van der Waals surface area contributed by atoms with Gasteiger partial charge in [-0.05, 0) is 30.7 Å². The number of nitrogens with one attached hydrogen (secondary N) is 1. The van der Waals surface area contributed by atoms with E-state index in [9.17, 15) is 4.79 Å². The SMILES string of the molecule is CCc1occc1C(=O)NC(C)c1cccc(N)c1. The maximum atomic E-state index is 12.2. The zero-order chi connectivity index (χ0) is 13.8. The fourth-order valence-corrected chi connectivity index (χ4v) is 2.00. The van der Waals surface area contributed by atoms with E-state index in [1.165, 1.54) is 0 Å². The van der Waals surface area contributed by atoms with Crippen molar-refractivity contribution in [3.05, 3.63) is 53.5 Å². The maximum Gasteiger partial charge on any atom is 0.255 e. The summed E-state index contributed by atoms with van der Waals surface area (Å²) in [5, 5.41) is 2.95. The van der Waals surface area contributed by atoms with Crippen molar-refractivity contribution in [2.45, 2.75) is 26.3 Å². The molecule has 0 saturated heterocycles. The standard InChI is InChI=1S/C15H18N2O2/c1-3-14-13(7-8-19-14)15(18)17-10(2)11-5-4-6-12(16)9-11/h4-10H,3,16H2,1-2H3,(H,17,18). The first-order valence-electron chi connectivity index (χ1n) is 6.34. The molecule has 0 aliphatic heterocycles. The number of aryl methyl sites for hydroxylation is 1. The molecular weight excluding hydrogens is 240 g/mol. The Morgan fingerprint density at radius 2 is 2.21 bits per heavy atom. The van der Waals surface area contributed by atoms with Gasteiger partial charge in [0.1, 0.15) is 5.76 Å². The highest BCUT2D eigenvalue weighted by Crippen LogP contribution is 2.17. The molecular formula is C15H18N2O2. The van der Waals surface area contributed by atoms with E-state index in [-0.39, 0.29) is 11.9 Å². The van der Waals surface area contributed by atoms with Crippen LogP contribution in [0.15, 0.2) is 41.0 Å². The van der Waals surface area contributed by atoms with Crippen LogP contribution in [0.4, 0.5) is 5.69 Å². The molecule has 100 valence electrons. The van der Waals surface area contributed by atoms with Crippen molar-refractivity contribution in [1.29, 1.82) is 0 Å². The van der Waals surface area contributed by atoms with Crippen molar-refractivity contribution >= 4 is 11.6 Å². The lowest BCUT2D eigenvalue weighted by atomic mass is 10.1. The highest BCUT2D eigenvalue weighted by atomic mass is 16.3. The Morgan fingerprint density at radius 3 is 2.89 bits per heavy atom. The van der Waals surface area contributed by atoms with Crippen LogP contribution in [0.2, 0.25) is 0 Å². The number of hydrogen-bond acceptors (Lipinski definition) is 3. The summed E-state index contributed by atoms with van der Waals surface area (Å²) in [6, 6.07) is 9.10. The van der Waals surface area contributed by atoms with Crippen LogP contribution >= 0.6 is 0 Å². The molecule has 1 aromatic heterocycles. The Hall–Kier alpha value is -2.23. The molecule has 3 N–H and O–H groups in total. The van der Waals surface area contributed by atoms with Gasteiger partial charge < -0.3 is 15.5 Å². The minimum Gasteiger partial charge on any atom is -0.469 e. The summed E-state index contributed by atoms with van der Waals surface area (Å²) in [6.07, 6.45) is 2.24. The number of benzene rings is 1. The summed E-state index contributed by atoms with van der Waals surface area (Å²) >= 11 is 0. The number of nitrogen functional groups attached to an aromatic ring is 1. The van der Waals surface area contributed by atoms with Crippen molar-refractivity contribution in [3.63, 3.8) is 0 Å². The third-order valence-corrected chi connectivity index (χ3v) is 3.07. The number of carbonyl (C=O) groups is 1. The fourth-order valence-electron chi connectivity index (χ4n) is 2.00. The van der Waals surface area contributed by atoms with E-state index in [0.717, 1.165) is 5.56 Å². The first kappa shape index (κ1) is 13.2. The summed E-state index contributed by atoms with van der Waals surface area (Å²) in [5.41, 5.74) is 8.01. The molecule has 2 aromatic rings. The van der Waals surface area contributed by atoms with Gasteiger partial charge >= 0.3 is 0 Å². The molecule has 0 aliphatic rings. The number of nitrogens with two attached hydrogens (primary N) is 1. The average molecular weight is 258 g/mol. The van der Waals surface area contributed by atoms with E-state index < -0.39 is 0 Å². The Bertz CT molecular complexity index is 575. The van der Waals surface area contributed by atoms with Crippen LogP contribution in [0, 0.1) is 0 Å². The van der Waals surface area contributed by atoms with Gasteiger partial charge in [0.25, 0.3) is 5.91 Å². The molecule has 1 heterocycles. The topological polar surface area (TPSA) is 68.3 Å². The van der Waals surface area contributed by atoms with Gasteiger partial charge in [0.05, 0.1) is 17.9 Å². The first-order chi connectivity index (χ1) is 9.11. The second-order valence-corrected chi connectivity index (χ2v) is 4.48. The van der Waals surface area contributed by atoms with Crippen molar-refractivity contribution in [2.75, 3.05) is 5.73 Å². The van der Waals surface area contributed by atoms with E-state index in [1.54, 1.807) is 12.3 Å². The molecule has 0 saturated carbocycles. The summed E-state index contributed by atoms with van der Waals surface area (Å²) in [7, 11) is 0. The molecule has 1 aromatic carbocycles. The van der Waals surface area contributed by atoms with Gasteiger partial charge in [-0.1, -0.05) is 19.1 Å². The average Bonchev–Trinajstić information content (AvgIpc) is 2.87. The largest absolute Gasteiger partial charge is 0.469 e. The molecule has 1 unspecified atom stereocenters. The second-order valence-electron chi connectivity index (χ2n) is 4.48. The van der Waals surface area contributed by atoms with Gasteiger partial charge in [0.15, 0.2) is 0 Å². The maximum absolute atomic E-state index is 12.2. The van der Waals surface area contributed by atoms with Crippen molar-refractivity contribution < 1.29 is 9.21 Å². The van der Waals surface area contributed by atoms with Crippen LogP contribution < -0.4 is 11.1 Å². The van der Waals surface area contributed by atoms with Gasteiger partial charge in [-0.3, -0.25) is 4.79 Å². The van der Waals surface area contributed by atoms with Gasteiger partial charge in [-0.15, -0.1) is 0 Å². The molecule has 1 amide bonds. The van der Waals surface area contributed by atoms with Gasteiger partial charge in [0.2, 0.25) is 0 Å². The molecule has 1 atom stereocenters. The van der Waals surface area contributed by atoms with Gasteiger partial charge in [-0.2, -0.15) is 0 Å². The highest BCUT2D eigenvalue weighted by molar-refractivity contribution is 5.95. The molecule has 0 fully saturated rings. The van der Waals surface area contributed by atoms with Crippen LogP contribution in [0.5, 0.6) is 0 Å². The van der Waals surface area contributed by atoms with E-state index in [0.29, 0.717) is 23.4 Å². The number of rotatable bonds is 4. The summed E-state index contributed by atoms with van der Waals surface area (Å²) in [6.45, 7) is 3.88. The minimum absolute atomic E-state index is 0.101. The molecule has 4 heteroatoms. The molecule has 0 radical (unpaired) electrons. The van der Waals surface area contributed by atoms with Gasteiger partial charge in [0, 0.05) is 12.1 Å². The summed E-state index contributed by atoms with van der Waals surface area (Å²) < 4.78 is 5.26.